The number of aromatic nitrogens is 3. The van der Waals surface area contributed by atoms with Gasteiger partial charge in [-0.05, 0) is 65.4 Å². The van der Waals surface area contributed by atoms with Gasteiger partial charge in [-0.3, -0.25) is 14.6 Å². The molecule has 0 bridgehead atoms. The average Bonchev–Trinajstić information content (AvgIpc) is 3.61. The summed E-state index contributed by atoms with van der Waals surface area (Å²) in [6.45, 7) is 5.18. The summed E-state index contributed by atoms with van der Waals surface area (Å²) in [4.78, 5) is 39.4. The molecule has 0 atom stereocenters. The van der Waals surface area contributed by atoms with Gasteiger partial charge < -0.3 is 19.8 Å². The van der Waals surface area contributed by atoms with Crippen LogP contribution in [0.1, 0.15) is 24.0 Å². The van der Waals surface area contributed by atoms with Gasteiger partial charge in [0, 0.05) is 37.1 Å². The Labute approximate surface area is 217 Å². The average molecular weight is 511 g/mol. The first-order chi connectivity index (χ1) is 18.4. The molecule has 1 aromatic carbocycles. The van der Waals surface area contributed by atoms with Crippen LogP contribution in [0.4, 0.5) is 10.1 Å². The number of H-pyrrole nitrogens is 1. The van der Waals surface area contributed by atoms with Crippen molar-refractivity contribution < 1.29 is 14.0 Å². The molecule has 0 aromatic heterocycles. The standard InChI is InChI=1S/C29H27FN6O2/c1-17(30)28(37)34-21-8-5-18(6-9-21)24-14-20-13-19(29(38)36-11-3-4-12-36)7-10-22(20)23-15-31-26-25(23)27(35(24)2)33-16-32-26/h5-9,13-14,16H,1,3-4,10-12,15H2,2H3,(H,34,37)(H,31,32,33). The van der Waals surface area contributed by atoms with Crippen LogP contribution in [0.3, 0.4) is 0 Å². The fourth-order valence-corrected chi connectivity index (χ4v) is 5.42. The summed E-state index contributed by atoms with van der Waals surface area (Å²) in [5.41, 5.74) is 6.71. The molecule has 1 fully saturated rings. The van der Waals surface area contributed by atoms with Crippen LogP contribution in [0, 0.1) is 10.7 Å². The number of hydrogen-bond acceptors (Lipinski definition) is 4. The number of amides is 2. The molecule has 0 unspecified atom stereocenters. The first-order valence-corrected chi connectivity index (χ1v) is 12.6. The zero-order valence-corrected chi connectivity index (χ0v) is 21.1. The highest BCUT2D eigenvalue weighted by atomic mass is 19.1. The van der Waals surface area contributed by atoms with Gasteiger partial charge in [-0.1, -0.05) is 24.8 Å². The molecule has 38 heavy (non-hydrogen) atoms. The fraction of sp³-hybridized carbons (Fsp3) is 0.241. The van der Waals surface area contributed by atoms with Crippen LogP contribution in [0.2, 0.25) is 0 Å². The van der Waals surface area contributed by atoms with E-state index in [1.54, 1.807) is 18.5 Å². The molecule has 1 aromatic rings. The van der Waals surface area contributed by atoms with Gasteiger partial charge >= 0.3 is 0 Å². The highest BCUT2D eigenvalue weighted by Crippen LogP contribution is 2.24. The topological polar surface area (TPSA) is 95.4 Å². The van der Waals surface area contributed by atoms with E-state index in [9.17, 15) is 14.0 Å². The second kappa shape index (κ2) is 9.41. The first-order valence-electron chi connectivity index (χ1n) is 12.6. The summed E-state index contributed by atoms with van der Waals surface area (Å²) in [5.74, 6) is -1.85. The summed E-state index contributed by atoms with van der Waals surface area (Å²) in [6.07, 6.45) is 8.38. The largest absolute Gasteiger partial charge is 0.339 e. The summed E-state index contributed by atoms with van der Waals surface area (Å²) in [5, 5.41) is 4.42. The lowest BCUT2D eigenvalue weighted by atomic mass is 9.94. The molecule has 5 aliphatic rings. The van der Waals surface area contributed by atoms with E-state index in [2.05, 4.69) is 27.9 Å². The zero-order chi connectivity index (χ0) is 26.4. The summed E-state index contributed by atoms with van der Waals surface area (Å²) in [6, 6.07) is 9.24. The number of carbonyl (C=O) groups excluding carboxylic acids is 2. The lowest BCUT2D eigenvalue weighted by Crippen LogP contribution is -2.30. The molecule has 1 saturated heterocycles. The van der Waals surface area contributed by atoms with Gasteiger partial charge in [-0.15, -0.1) is 0 Å². The van der Waals surface area contributed by atoms with Gasteiger partial charge in [0.25, 0.3) is 11.8 Å². The molecule has 0 radical (unpaired) electrons. The maximum Gasteiger partial charge on any atom is 0.283 e. The molecule has 6 rings (SSSR count). The van der Waals surface area contributed by atoms with E-state index in [4.69, 9.17) is 4.99 Å². The van der Waals surface area contributed by atoms with Gasteiger partial charge in [0.1, 0.15) is 11.0 Å². The molecule has 0 saturated carbocycles. The predicted octanol–water partition coefficient (Wildman–Crippen LogP) is 2.70. The van der Waals surface area contributed by atoms with Gasteiger partial charge in [-0.25, -0.2) is 9.37 Å². The van der Waals surface area contributed by atoms with E-state index in [-0.39, 0.29) is 5.91 Å². The second-order valence-electron chi connectivity index (χ2n) is 9.71. The third-order valence-electron chi connectivity index (χ3n) is 7.39. The molecule has 192 valence electrons. The number of likely N-dealkylation sites (tertiary alicyclic amines) is 1. The zero-order valence-electron chi connectivity index (χ0n) is 21.1. The monoisotopic (exact) mass is 510 g/mol. The lowest BCUT2D eigenvalue weighted by molar-refractivity contribution is -0.125. The molecule has 4 aliphatic heterocycles. The Morgan fingerprint density at radius 2 is 1.89 bits per heavy atom. The van der Waals surface area contributed by atoms with Crippen LogP contribution < -0.4 is 16.0 Å². The Morgan fingerprint density at radius 1 is 1.13 bits per heavy atom. The lowest BCUT2D eigenvalue weighted by Gasteiger charge is -2.19. The first kappa shape index (κ1) is 23.8. The Balaban J connectivity index is 1.56. The Bertz CT molecular complexity index is 1770. The van der Waals surface area contributed by atoms with Crippen LogP contribution in [0.25, 0.3) is 17.3 Å². The number of carbonyl (C=O) groups is 2. The van der Waals surface area contributed by atoms with E-state index in [1.165, 1.54) is 0 Å². The van der Waals surface area contributed by atoms with Crippen molar-refractivity contribution in [1.82, 2.24) is 19.4 Å². The van der Waals surface area contributed by atoms with E-state index in [0.717, 1.165) is 69.7 Å². The summed E-state index contributed by atoms with van der Waals surface area (Å²) < 4.78 is 15.2. The maximum absolute atomic E-state index is 13.2. The van der Waals surface area contributed by atoms with Gasteiger partial charge in [-0.2, -0.15) is 0 Å². The fourth-order valence-electron chi connectivity index (χ4n) is 5.42. The number of hydrogen-bond donors (Lipinski definition) is 2. The van der Waals surface area contributed by atoms with Crippen molar-refractivity contribution in [3.05, 3.63) is 93.2 Å². The SMILES string of the molecule is C=C(F)C(=O)Nc1ccc(-c2cc3c(c4c5c([nH]cnc=5n2C)=NC4)CC=C(C(=O)N2CCCC2)C=3)cc1. The number of anilines is 1. The van der Waals surface area contributed by atoms with E-state index in [0.29, 0.717) is 24.2 Å². The van der Waals surface area contributed by atoms with Crippen LogP contribution in [0.15, 0.2) is 65.7 Å². The van der Waals surface area contributed by atoms with Crippen LogP contribution in [-0.4, -0.2) is 44.3 Å². The molecular formula is C29H27FN6O2. The summed E-state index contributed by atoms with van der Waals surface area (Å²) in [7, 11) is 1.95. The van der Waals surface area contributed by atoms with Gasteiger partial charge in [0.15, 0.2) is 5.83 Å². The molecule has 4 heterocycles. The number of nitrogens with one attached hydrogen (secondary N) is 2. The van der Waals surface area contributed by atoms with Crippen molar-refractivity contribution in [1.29, 1.82) is 0 Å². The number of halogens is 1. The molecule has 2 amide bonds. The normalized spacial score (nSPS) is 15.3. The van der Waals surface area contributed by atoms with Gasteiger partial charge in [0.05, 0.1) is 18.1 Å². The number of fused-ring (bicyclic) bond motifs is 2. The Kier molecular flexibility index (Phi) is 5.90. The Morgan fingerprint density at radius 3 is 2.63 bits per heavy atom. The van der Waals surface area contributed by atoms with Crippen molar-refractivity contribution in [2.24, 2.45) is 12.0 Å². The molecule has 0 spiro atoms. The van der Waals surface area contributed by atoms with Crippen molar-refractivity contribution in [2.75, 3.05) is 18.4 Å². The number of nitrogens with zero attached hydrogens (tertiary/aromatic N) is 4. The quantitative estimate of drug-likeness (QED) is 0.529. The van der Waals surface area contributed by atoms with Crippen LogP contribution in [-0.2, 0) is 29.6 Å². The Hall–Kier alpha value is -4.53. The van der Waals surface area contributed by atoms with Crippen molar-refractivity contribution in [3.8, 4) is 11.3 Å². The number of allylic oxidation sites excluding steroid dienone is 1. The highest BCUT2D eigenvalue weighted by Gasteiger charge is 2.23. The molecule has 2 N–H and O–H groups in total. The van der Waals surface area contributed by atoms with Crippen LogP contribution in [0.5, 0.6) is 0 Å². The number of rotatable bonds is 4. The predicted molar refractivity (Wildman–Crippen MR) is 141 cm³/mol. The van der Waals surface area contributed by atoms with Crippen molar-refractivity contribution >= 4 is 23.6 Å². The van der Waals surface area contributed by atoms with E-state index >= 15 is 0 Å². The van der Waals surface area contributed by atoms with Gasteiger partial charge in [0.2, 0.25) is 0 Å². The molecular weight excluding hydrogens is 483 g/mol. The number of benzene rings is 1. The molecule has 9 heteroatoms. The highest BCUT2D eigenvalue weighted by molar-refractivity contribution is 6.02. The minimum Gasteiger partial charge on any atom is -0.339 e. The van der Waals surface area contributed by atoms with E-state index < -0.39 is 11.7 Å². The second-order valence-corrected chi connectivity index (χ2v) is 9.71. The third-order valence-corrected chi connectivity index (χ3v) is 7.39. The van der Waals surface area contributed by atoms with Crippen molar-refractivity contribution in [2.45, 2.75) is 25.8 Å². The third kappa shape index (κ3) is 4.09. The summed E-state index contributed by atoms with van der Waals surface area (Å²) >= 11 is 0. The number of aromatic amines is 1. The van der Waals surface area contributed by atoms with Crippen LogP contribution >= 0.6 is 0 Å². The van der Waals surface area contributed by atoms with Crippen molar-refractivity contribution in [3.63, 3.8) is 0 Å². The minimum absolute atomic E-state index is 0.0751. The maximum atomic E-state index is 13.2. The molecule has 8 nitrogen and oxygen atoms in total. The minimum atomic E-state index is -1.05. The smallest absolute Gasteiger partial charge is 0.283 e. The van der Waals surface area contributed by atoms with E-state index in [1.807, 2.05) is 40.8 Å². The molecule has 1 aliphatic carbocycles.